The van der Waals surface area contributed by atoms with Crippen molar-refractivity contribution in [3.8, 4) is 0 Å². The molecule has 0 amide bonds. The quantitative estimate of drug-likeness (QED) is 0.227. The molecule has 0 aromatic rings. The van der Waals surface area contributed by atoms with E-state index in [0.717, 1.165) is 25.7 Å². The van der Waals surface area contributed by atoms with E-state index in [-0.39, 0.29) is 0 Å². The molecule has 0 aromatic heterocycles. The van der Waals surface area contributed by atoms with Gasteiger partial charge in [-0.3, -0.25) is 0 Å². The molecule has 10 rings (SSSR count). The number of rotatable bonds is 0. The van der Waals surface area contributed by atoms with Gasteiger partial charge in [0.1, 0.15) is 0 Å². The fourth-order valence-corrected chi connectivity index (χ4v) is 12.7. The molecule has 10 aliphatic rings. The van der Waals surface area contributed by atoms with Gasteiger partial charge in [0.2, 0.25) is 0 Å². The molecule has 0 heteroatoms. The van der Waals surface area contributed by atoms with Gasteiger partial charge in [0.05, 0.1) is 0 Å². The summed E-state index contributed by atoms with van der Waals surface area (Å²) < 4.78 is 0. The van der Waals surface area contributed by atoms with Gasteiger partial charge in [0, 0.05) is 0 Å². The Hall–Kier alpha value is -5.72. The predicted molar refractivity (Wildman–Crippen MR) is 295 cm³/mol. The van der Waals surface area contributed by atoms with E-state index in [1.807, 2.05) is 0 Å². The van der Waals surface area contributed by atoms with Gasteiger partial charge in [0.15, 0.2) is 0 Å². The number of hydrogen-bond donors (Lipinski definition) is 0. The SMILES string of the molecule is CC1=C(C)C2=C(C)C3=C(C)C(C)=C(C3)C(C)=C3C=C(C(C)=C3C)C(C)=C3CC(=C(C)C1=C2)C(C)=C3C.CC1=C2C=C3C=C(C=C4CC(=CC5=CC(=CC(=C1C)C2)C(C)=C5C)C(C)=C4C)C(C)=C3C. The zero-order chi connectivity index (χ0) is 49.3. The van der Waals surface area contributed by atoms with Crippen LogP contribution in [0, 0.1) is 0 Å². The van der Waals surface area contributed by atoms with Crippen LogP contribution in [0.3, 0.4) is 0 Å². The molecule has 68 heavy (non-hydrogen) atoms. The molecule has 0 nitrogen and oxygen atoms in total. The Balaban J connectivity index is 0.000000171. The second-order valence-electron chi connectivity index (χ2n) is 21.9. The van der Waals surface area contributed by atoms with E-state index in [2.05, 4.69) is 187 Å². The topological polar surface area (TPSA) is 0 Å². The molecule has 0 saturated carbocycles. The van der Waals surface area contributed by atoms with Crippen molar-refractivity contribution in [2.24, 2.45) is 0 Å². The minimum Gasteiger partial charge on any atom is -0.0509 e. The third-order valence-corrected chi connectivity index (χ3v) is 19.0. The molecule has 0 N–H and O–H groups in total. The fraction of sp³-hybridized carbons (Fsp3) is 0.353. The number of hydrogen-bond acceptors (Lipinski definition) is 0. The van der Waals surface area contributed by atoms with Crippen molar-refractivity contribution in [3.63, 3.8) is 0 Å². The number of allylic oxidation sites excluding steroid dienone is 44. The lowest BCUT2D eigenvalue weighted by atomic mass is 9.91. The molecule has 0 radical (unpaired) electrons. The lowest BCUT2D eigenvalue weighted by Gasteiger charge is -2.13. The summed E-state index contributed by atoms with van der Waals surface area (Å²) in [5.41, 5.74) is 52.0. The Bertz CT molecular complexity index is 3080. The third-order valence-electron chi connectivity index (χ3n) is 19.0. The summed E-state index contributed by atoms with van der Waals surface area (Å²) in [7, 11) is 0. The van der Waals surface area contributed by atoms with Crippen LogP contribution >= 0.6 is 0 Å². The van der Waals surface area contributed by atoms with Crippen molar-refractivity contribution in [3.05, 3.63) is 249 Å². The zero-order valence-corrected chi connectivity index (χ0v) is 45.4. The highest BCUT2D eigenvalue weighted by atomic mass is 14.4. The van der Waals surface area contributed by atoms with Crippen LogP contribution in [0.5, 0.6) is 0 Å². The molecule has 16 bridgehead atoms. The van der Waals surface area contributed by atoms with Crippen LogP contribution in [0.4, 0.5) is 0 Å². The van der Waals surface area contributed by atoms with Crippen LogP contribution in [0.1, 0.15) is 164 Å². The first-order chi connectivity index (χ1) is 32.0. The standard InChI is InChI=1S/C36H42.C32H34/c1-17-18(2)30-13-29(17)25(9)31-14-33(20(4)19(31)3)27(11)35-16-36(24(8)23(35)7)28(12)34-15-32(26(30)10)21(5)22(34)6;1-17-18(2)26-9-25(17)13-27-10-29(20(4)19(27)3)15-31-12-32(24(8)23(31)7)16-30-11-28(14-26)21(5)22(30)6/h13,16H,14-15H2,1-12H3;9,12-16H,10-11H2,1-8H3. The van der Waals surface area contributed by atoms with Gasteiger partial charge in [0.25, 0.3) is 0 Å². The van der Waals surface area contributed by atoms with Gasteiger partial charge >= 0.3 is 0 Å². The zero-order valence-electron chi connectivity index (χ0n) is 45.4. The van der Waals surface area contributed by atoms with Crippen LogP contribution in [-0.4, -0.2) is 0 Å². The molecule has 0 heterocycles. The Morgan fingerprint density at radius 3 is 0.882 bits per heavy atom. The summed E-state index contributed by atoms with van der Waals surface area (Å²) in [5, 5.41) is 0. The largest absolute Gasteiger partial charge is 0.0509 e. The van der Waals surface area contributed by atoms with Crippen molar-refractivity contribution in [2.75, 3.05) is 0 Å². The molecule has 10 aliphatic carbocycles. The summed E-state index contributed by atoms with van der Waals surface area (Å²) >= 11 is 0. The highest BCUT2D eigenvalue weighted by Crippen LogP contribution is 2.51. The first-order valence-electron chi connectivity index (χ1n) is 25.4. The fourth-order valence-electron chi connectivity index (χ4n) is 12.7. The molecule has 0 aromatic carbocycles. The van der Waals surface area contributed by atoms with Gasteiger partial charge in [-0.15, -0.1) is 0 Å². The average molecular weight is 893 g/mol. The van der Waals surface area contributed by atoms with Crippen molar-refractivity contribution in [1.29, 1.82) is 0 Å². The summed E-state index contributed by atoms with van der Waals surface area (Å²) in [5.74, 6) is 0. The molecular weight excluding hydrogens is 817 g/mol. The van der Waals surface area contributed by atoms with E-state index >= 15 is 0 Å². The van der Waals surface area contributed by atoms with Gasteiger partial charge in [-0.25, -0.2) is 0 Å². The first-order valence-corrected chi connectivity index (χ1v) is 25.4. The lowest BCUT2D eigenvalue weighted by Crippen LogP contribution is -1.95. The highest BCUT2D eigenvalue weighted by molar-refractivity contribution is 5.75. The van der Waals surface area contributed by atoms with Gasteiger partial charge < -0.3 is 0 Å². The van der Waals surface area contributed by atoms with Crippen molar-refractivity contribution in [1.82, 2.24) is 0 Å². The van der Waals surface area contributed by atoms with Crippen LogP contribution in [0.25, 0.3) is 0 Å². The molecule has 0 aliphatic heterocycles. The normalized spacial score (nSPS) is 23.2. The monoisotopic (exact) mass is 893 g/mol. The predicted octanol–water partition coefficient (Wildman–Crippen LogP) is 19.6. The Kier molecular flexibility index (Phi) is 11.9. The molecule has 348 valence electrons. The maximum atomic E-state index is 2.49. The van der Waals surface area contributed by atoms with E-state index in [1.54, 1.807) is 0 Å². The highest BCUT2D eigenvalue weighted by Gasteiger charge is 2.32. The van der Waals surface area contributed by atoms with Crippen molar-refractivity contribution in [2.45, 2.75) is 164 Å². The van der Waals surface area contributed by atoms with Gasteiger partial charge in [-0.05, 0) is 389 Å². The van der Waals surface area contributed by atoms with Gasteiger partial charge in [-0.2, -0.15) is 0 Å². The Morgan fingerprint density at radius 2 is 0.529 bits per heavy atom. The minimum atomic E-state index is 1.03. The molecular formula is C68H76. The van der Waals surface area contributed by atoms with E-state index in [1.165, 1.54) is 201 Å². The molecule has 0 fully saturated rings. The summed E-state index contributed by atoms with van der Waals surface area (Å²) in [6.45, 7) is 46.3. The van der Waals surface area contributed by atoms with E-state index < -0.39 is 0 Å². The summed E-state index contributed by atoms with van der Waals surface area (Å²) in [4.78, 5) is 0. The third kappa shape index (κ3) is 7.31. The van der Waals surface area contributed by atoms with Crippen LogP contribution in [-0.2, 0) is 0 Å². The van der Waals surface area contributed by atoms with Gasteiger partial charge in [-0.1, -0.05) is 24.3 Å². The Labute approximate surface area is 411 Å². The molecule has 0 spiro atoms. The van der Waals surface area contributed by atoms with Crippen molar-refractivity contribution < 1.29 is 0 Å². The molecule has 0 atom stereocenters. The minimum absolute atomic E-state index is 1.03. The van der Waals surface area contributed by atoms with Crippen LogP contribution in [0.15, 0.2) is 249 Å². The summed E-state index contributed by atoms with van der Waals surface area (Å²) in [6.07, 6.45) is 23.7. The maximum Gasteiger partial charge on any atom is -0.00146 e. The van der Waals surface area contributed by atoms with E-state index in [9.17, 15) is 0 Å². The first kappa shape index (κ1) is 47.4. The van der Waals surface area contributed by atoms with Crippen LogP contribution < -0.4 is 0 Å². The van der Waals surface area contributed by atoms with Crippen molar-refractivity contribution >= 4 is 0 Å². The van der Waals surface area contributed by atoms with Crippen LogP contribution in [0.2, 0.25) is 0 Å². The van der Waals surface area contributed by atoms with E-state index in [4.69, 9.17) is 0 Å². The molecule has 0 unspecified atom stereocenters. The summed E-state index contributed by atoms with van der Waals surface area (Å²) in [6, 6.07) is 0. The average Bonchev–Trinajstić information content (AvgIpc) is 4.17. The number of fused-ring (bicyclic) bond motifs is 12. The van der Waals surface area contributed by atoms with E-state index in [0.29, 0.717) is 0 Å². The second kappa shape index (κ2) is 17.1. The Morgan fingerprint density at radius 1 is 0.206 bits per heavy atom. The molecule has 0 saturated heterocycles. The second-order valence-corrected chi connectivity index (χ2v) is 21.9. The maximum absolute atomic E-state index is 2.49. The smallest absolute Gasteiger partial charge is 0.00146 e. The lowest BCUT2D eigenvalue weighted by molar-refractivity contribution is 1.11.